The Kier molecular flexibility index (Phi) is 4.95. The summed E-state index contributed by atoms with van der Waals surface area (Å²) in [6.45, 7) is 2.70. The number of nitro benzene ring substituents is 1. The Bertz CT molecular complexity index is 598. The molecule has 0 amide bonds. The predicted molar refractivity (Wildman–Crippen MR) is 79.5 cm³/mol. The Labute approximate surface area is 125 Å². The van der Waals surface area contributed by atoms with Crippen LogP contribution in [-0.2, 0) is 10.0 Å². The van der Waals surface area contributed by atoms with E-state index >= 15 is 0 Å². The molecule has 2 rings (SSSR count). The Hall–Kier alpha value is -1.47. The van der Waals surface area contributed by atoms with Gasteiger partial charge in [-0.25, -0.2) is 8.42 Å². The van der Waals surface area contributed by atoms with Crippen LogP contribution in [-0.4, -0.2) is 30.2 Å². The molecule has 1 aliphatic rings. The number of rotatable bonds is 8. The summed E-state index contributed by atoms with van der Waals surface area (Å²) in [5, 5.41) is 10.6. The molecule has 0 N–H and O–H groups in total. The fraction of sp³-hybridized carbons (Fsp3) is 0.571. The minimum absolute atomic E-state index is 0.0991. The van der Waals surface area contributed by atoms with Gasteiger partial charge in [0.05, 0.1) is 9.82 Å². The SMILES string of the molecule is CCCCCC[C@@H]1CN1S(=O)(=O)c1ccc([N+](=O)[O-])cc1. The second-order valence-corrected chi connectivity index (χ2v) is 7.22. The third-order valence-corrected chi connectivity index (χ3v) is 5.64. The van der Waals surface area contributed by atoms with Gasteiger partial charge in [0.2, 0.25) is 10.0 Å². The van der Waals surface area contributed by atoms with Gasteiger partial charge in [-0.05, 0) is 18.6 Å². The minimum Gasteiger partial charge on any atom is -0.258 e. The van der Waals surface area contributed by atoms with Crippen LogP contribution in [0.3, 0.4) is 0 Å². The molecular weight excluding hydrogens is 292 g/mol. The van der Waals surface area contributed by atoms with Crippen LogP contribution in [0, 0.1) is 10.1 Å². The molecule has 116 valence electrons. The van der Waals surface area contributed by atoms with Crippen molar-refractivity contribution < 1.29 is 13.3 Å². The van der Waals surface area contributed by atoms with E-state index in [0.29, 0.717) is 6.54 Å². The van der Waals surface area contributed by atoms with E-state index in [1.54, 1.807) is 0 Å². The highest BCUT2D eigenvalue weighted by molar-refractivity contribution is 7.89. The topological polar surface area (TPSA) is 80.3 Å². The summed E-state index contributed by atoms with van der Waals surface area (Å²) in [5.41, 5.74) is -0.101. The Morgan fingerprint density at radius 2 is 1.90 bits per heavy atom. The van der Waals surface area contributed by atoms with Gasteiger partial charge < -0.3 is 0 Å². The molecule has 0 spiro atoms. The van der Waals surface area contributed by atoms with Gasteiger partial charge in [0.25, 0.3) is 5.69 Å². The zero-order valence-corrected chi connectivity index (χ0v) is 12.9. The van der Waals surface area contributed by atoms with E-state index in [-0.39, 0.29) is 16.6 Å². The van der Waals surface area contributed by atoms with Crippen molar-refractivity contribution >= 4 is 15.7 Å². The lowest BCUT2D eigenvalue weighted by molar-refractivity contribution is -0.384. The van der Waals surface area contributed by atoms with Crippen molar-refractivity contribution in [3.05, 3.63) is 34.4 Å². The molecule has 2 atom stereocenters. The number of nitro groups is 1. The Morgan fingerprint density at radius 1 is 1.24 bits per heavy atom. The van der Waals surface area contributed by atoms with E-state index in [9.17, 15) is 18.5 Å². The number of nitrogens with zero attached hydrogens (tertiary/aromatic N) is 2. The van der Waals surface area contributed by atoms with Crippen LogP contribution in [0.2, 0.25) is 0 Å². The fourth-order valence-electron chi connectivity index (χ4n) is 2.37. The molecule has 1 aromatic carbocycles. The third-order valence-electron chi connectivity index (χ3n) is 3.71. The van der Waals surface area contributed by atoms with Gasteiger partial charge in [0, 0.05) is 24.7 Å². The van der Waals surface area contributed by atoms with Crippen LogP contribution in [0.4, 0.5) is 5.69 Å². The number of hydrogen-bond acceptors (Lipinski definition) is 4. The van der Waals surface area contributed by atoms with Crippen molar-refractivity contribution in [1.82, 2.24) is 4.31 Å². The molecular formula is C14H20N2O4S. The summed E-state index contributed by atoms with van der Waals surface area (Å²) in [7, 11) is -3.49. The average Bonchev–Trinajstić information content (AvgIpc) is 3.24. The van der Waals surface area contributed by atoms with Crippen molar-refractivity contribution in [1.29, 1.82) is 0 Å². The molecule has 1 unspecified atom stereocenters. The van der Waals surface area contributed by atoms with Crippen molar-refractivity contribution in [2.75, 3.05) is 6.54 Å². The molecule has 1 aromatic rings. The fourth-order valence-corrected chi connectivity index (χ4v) is 3.99. The molecule has 0 aliphatic carbocycles. The first-order valence-electron chi connectivity index (χ1n) is 7.23. The zero-order chi connectivity index (χ0) is 15.5. The number of benzene rings is 1. The summed E-state index contributed by atoms with van der Waals surface area (Å²) in [6.07, 6.45) is 5.42. The molecule has 0 saturated carbocycles. The standard InChI is InChI=1S/C14H20N2O4S/c1-2-3-4-5-6-13-11-15(13)21(19,20)14-9-7-12(8-10-14)16(17)18/h7-10,13H,2-6,11H2,1H3/t13-,15?/m1/s1. The first-order valence-corrected chi connectivity index (χ1v) is 8.67. The smallest absolute Gasteiger partial charge is 0.258 e. The van der Waals surface area contributed by atoms with E-state index in [0.717, 1.165) is 25.7 Å². The Morgan fingerprint density at radius 3 is 2.48 bits per heavy atom. The van der Waals surface area contributed by atoms with E-state index in [1.165, 1.54) is 35.0 Å². The number of non-ortho nitro benzene ring substituents is 1. The molecule has 6 nitrogen and oxygen atoms in total. The second kappa shape index (κ2) is 6.53. The summed E-state index contributed by atoms with van der Waals surface area (Å²) < 4.78 is 26.1. The highest BCUT2D eigenvalue weighted by Crippen LogP contribution is 2.32. The maximum absolute atomic E-state index is 12.3. The van der Waals surface area contributed by atoms with Gasteiger partial charge in [-0.1, -0.05) is 32.6 Å². The predicted octanol–water partition coefficient (Wildman–Crippen LogP) is 2.94. The number of hydrogen-bond donors (Lipinski definition) is 0. The Balaban J connectivity index is 1.95. The van der Waals surface area contributed by atoms with Crippen molar-refractivity contribution in [2.45, 2.75) is 50.0 Å². The molecule has 1 aliphatic heterocycles. The summed E-state index contributed by atoms with van der Waals surface area (Å²) in [4.78, 5) is 10.2. The second-order valence-electron chi connectivity index (χ2n) is 5.33. The van der Waals surface area contributed by atoms with Gasteiger partial charge in [-0.3, -0.25) is 10.1 Å². The van der Waals surface area contributed by atoms with Crippen LogP contribution in [0.25, 0.3) is 0 Å². The van der Waals surface area contributed by atoms with Gasteiger partial charge >= 0.3 is 0 Å². The minimum atomic E-state index is -3.49. The van der Waals surface area contributed by atoms with Crippen LogP contribution >= 0.6 is 0 Å². The number of sulfonamides is 1. The van der Waals surface area contributed by atoms with Crippen molar-refractivity contribution in [3.8, 4) is 0 Å². The monoisotopic (exact) mass is 312 g/mol. The molecule has 0 radical (unpaired) electrons. The zero-order valence-electron chi connectivity index (χ0n) is 12.1. The molecule has 1 heterocycles. The van der Waals surface area contributed by atoms with Gasteiger partial charge in [0.1, 0.15) is 0 Å². The maximum Gasteiger partial charge on any atom is 0.269 e. The van der Waals surface area contributed by atoms with Crippen LogP contribution in [0.1, 0.15) is 39.0 Å². The lowest BCUT2D eigenvalue weighted by Gasteiger charge is -2.06. The van der Waals surface area contributed by atoms with Crippen molar-refractivity contribution in [3.63, 3.8) is 0 Å². The normalized spacial score (nSPS) is 21.2. The van der Waals surface area contributed by atoms with Crippen LogP contribution in [0.5, 0.6) is 0 Å². The molecule has 21 heavy (non-hydrogen) atoms. The van der Waals surface area contributed by atoms with Gasteiger partial charge in [-0.2, -0.15) is 4.31 Å². The largest absolute Gasteiger partial charge is 0.269 e. The van der Waals surface area contributed by atoms with E-state index in [4.69, 9.17) is 0 Å². The maximum atomic E-state index is 12.3. The third kappa shape index (κ3) is 3.79. The van der Waals surface area contributed by atoms with E-state index < -0.39 is 14.9 Å². The molecule has 0 bridgehead atoms. The summed E-state index contributed by atoms with van der Waals surface area (Å²) in [5.74, 6) is 0. The summed E-state index contributed by atoms with van der Waals surface area (Å²) >= 11 is 0. The highest BCUT2D eigenvalue weighted by atomic mass is 32.2. The first kappa shape index (κ1) is 15.9. The lowest BCUT2D eigenvalue weighted by Crippen LogP contribution is -2.14. The molecule has 1 saturated heterocycles. The quantitative estimate of drug-likeness (QED) is 0.320. The van der Waals surface area contributed by atoms with Crippen LogP contribution < -0.4 is 0 Å². The van der Waals surface area contributed by atoms with Crippen LogP contribution in [0.15, 0.2) is 29.2 Å². The van der Waals surface area contributed by atoms with Gasteiger partial charge in [0.15, 0.2) is 0 Å². The van der Waals surface area contributed by atoms with E-state index in [1.807, 2.05) is 0 Å². The number of unbranched alkanes of at least 4 members (excludes halogenated alkanes) is 3. The van der Waals surface area contributed by atoms with Crippen molar-refractivity contribution in [2.24, 2.45) is 0 Å². The highest BCUT2D eigenvalue weighted by Gasteiger charge is 2.43. The molecule has 0 aromatic heterocycles. The average molecular weight is 312 g/mol. The molecule has 7 heteroatoms. The molecule has 1 fully saturated rings. The van der Waals surface area contributed by atoms with E-state index in [2.05, 4.69) is 6.92 Å². The van der Waals surface area contributed by atoms with Gasteiger partial charge in [-0.15, -0.1) is 0 Å². The lowest BCUT2D eigenvalue weighted by atomic mass is 10.1. The summed E-state index contributed by atoms with van der Waals surface area (Å²) in [6, 6.07) is 5.17. The first-order chi connectivity index (χ1) is 9.96.